The maximum atomic E-state index is 5.25. The zero-order valence-electron chi connectivity index (χ0n) is 9.12. The van der Waals surface area contributed by atoms with Gasteiger partial charge in [-0.25, -0.2) is 0 Å². The average molecular weight is 243 g/mol. The molecule has 4 nitrogen and oxygen atoms in total. The lowest BCUT2D eigenvalue weighted by atomic mass is 10.2. The van der Waals surface area contributed by atoms with Crippen molar-refractivity contribution in [3.63, 3.8) is 0 Å². The van der Waals surface area contributed by atoms with Gasteiger partial charge in [-0.1, -0.05) is 11.2 Å². The van der Waals surface area contributed by atoms with E-state index in [2.05, 4.69) is 20.5 Å². The molecule has 0 aliphatic carbocycles. The minimum atomic E-state index is 0.520. The Labute approximate surface area is 102 Å². The predicted octanol–water partition coefficient (Wildman–Crippen LogP) is 3.17. The van der Waals surface area contributed by atoms with Crippen LogP contribution in [0.4, 0.5) is 0 Å². The zero-order chi connectivity index (χ0) is 11.7. The summed E-state index contributed by atoms with van der Waals surface area (Å²) in [6, 6.07) is 5.61. The molecule has 3 aromatic rings. The second kappa shape index (κ2) is 4.10. The lowest BCUT2D eigenvalue weighted by molar-refractivity contribution is 0.432. The highest BCUT2D eigenvalue weighted by Crippen LogP contribution is 2.26. The first-order valence-corrected chi connectivity index (χ1v) is 6.07. The molecule has 0 aliphatic heterocycles. The minimum Gasteiger partial charge on any atom is -0.334 e. The summed E-state index contributed by atoms with van der Waals surface area (Å²) in [4.78, 5) is 8.53. The number of aromatic nitrogens is 3. The van der Waals surface area contributed by atoms with E-state index >= 15 is 0 Å². The highest BCUT2D eigenvalue weighted by Gasteiger charge is 2.13. The van der Waals surface area contributed by atoms with E-state index in [9.17, 15) is 0 Å². The molecule has 3 rings (SSSR count). The van der Waals surface area contributed by atoms with Crippen molar-refractivity contribution >= 4 is 11.3 Å². The molecule has 5 heteroatoms. The van der Waals surface area contributed by atoms with Gasteiger partial charge in [-0.05, 0) is 30.0 Å². The molecule has 0 saturated carbocycles. The van der Waals surface area contributed by atoms with Crippen molar-refractivity contribution in [1.29, 1.82) is 0 Å². The lowest BCUT2D eigenvalue weighted by Gasteiger charge is -1.90. The lowest BCUT2D eigenvalue weighted by Crippen LogP contribution is -1.84. The first-order valence-electron chi connectivity index (χ1n) is 5.13. The summed E-state index contributed by atoms with van der Waals surface area (Å²) in [6.07, 6.45) is 1.71. The number of nitrogens with zero attached hydrogens (tertiary/aromatic N) is 3. The third-order valence-electron chi connectivity index (χ3n) is 2.41. The van der Waals surface area contributed by atoms with Crippen molar-refractivity contribution < 1.29 is 4.52 Å². The summed E-state index contributed by atoms with van der Waals surface area (Å²) in [5.74, 6) is 1.07. The third-order valence-corrected chi connectivity index (χ3v) is 3.27. The van der Waals surface area contributed by atoms with E-state index < -0.39 is 0 Å². The van der Waals surface area contributed by atoms with E-state index in [0.29, 0.717) is 11.7 Å². The summed E-state index contributed by atoms with van der Waals surface area (Å²) in [5, 5.41) is 8.00. The number of thiophene rings is 1. The quantitative estimate of drug-likeness (QED) is 0.693. The van der Waals surface area contributed by atoms with Gasteiger partial charge in [-0.2, -0.15) is 16.3 Å². The summed E-state index contributed by atoms with van der Waals surface area (Å²) < 4.78 is 5.25. The van der Waals surface area contributed by atoms with E-state index in [4.69, 9.17) is 4.52 Å². The van der Waals surface area contributed by atoms with Gasteiger partial charge in [0.05, 0.1) is 5.56 Å². The van der Waals surface area contributed by atoms with Crippen molar-refractivity contribution in [2.75, 3.05) is 0 Å². The van der Waals surface area contributed by atoms with Crippen LogP contribution in [0.2, 0.25) is 0 Å². The smallest absolute Gasteiger partial charge is 0.259 e. The van der Waals surface area contributed by atoms with Gasteiger partial charge >= 0.3 is 0 Å². The molecule has 0 atom stereocenters. The molecule has 0 saturated heterocycles. The molecule has 84 valence electrons. The number of hydrogen-bond acceptors (Lipinski definition) is 5. The number of hydrogen-bond donors (Lipinski definition) is 0. The van der Waals surface area contributed by atoms with Crippen LogP contribution in [0.1, 0.15) is 5.56 Å². The highest BCUT2D eigenvalue weighted by molar-refractivity contribution is 7.08. The van der Waals surface area contributed by atoms with Crippen LogP contribution in [0.3, 0.4) is 0 Å². The van der Waals surface area contributed by atoms with Gasteiger partial charge in [0.2, 0.25) is 5.82 Å². The Morgan fingerprint density at radius 2 is 2.18 bits per heavy atom. The fraction of sp³-hybridized carbons (Fsp3) is 0.0833. The number of pyridine rings is 1. The Morgan fingerprint density at radius 1 is 1.24 bits per heavy atom. The van der Waals surface area contributed by atoms with Gasteiger partial charge < -0.3 is 4.52 Å². The van der Waals surface area contributed by atoms with E-state index in [0.717, 1.165) is 16.8 Å². The molecule has 3 heterocycles. The molecule has 0 bridgehead atoms. The van der Waals surface area contributed by atoms with Crippen molar-refractivity contribution in [2.45, 2.75) is 6.92 Å². The van der Waals surface area contributed by atoms with Gasteiger partial charge in [-0.15, -0.1) is 0 Å². The monoisotopic (exact) mass is 243 g/mol. The first kappa shape index (κ1) is 10.2. The maximum absolute atomic E-state index is 5.25. The standard InChI is InChI=1S/C12H9N3OS/c1-8-6-17-7-9(8)12-14-11(15-16-12)10-4-2-3-5-13-10/h2-7H,1H3. The fourth-order valence-electron chi connectivity index (χ4n) is 1.51. The molecule has 3 aromatic heterocycles. The molecular formula is C12H9N3OS. The van der Waals surface area contributed by atoms with Gasteiger partial charge in [-0.3, -0.25) is 4.98 Å². The Morgan fingerprint density at radius 3 is 2.88 bits per heavy atom. The molecule has 0 spiro atoms. The molecule has 0 fully saturated rings. The van der Waals surface area contributed by atoms with Crippen LogP contribution in [-0.4, -0.2) is 15.1 Å². The normalized spacial score (nSPS) is 10.6. The summed E-state index contributed by atoms with van der Waals surface area (Å²) in [5.41, 5.74) is 2.85. The topological polar surface area (TPSA) is 51.8 Å². The highest BCUT2D eigenvalue weighted by atomic mass is 32.1. The second-order valence-electron chi connectivity index (χ2n) is 3.61. The van der Waals surface area contributed by atoms with E-state index in [1.165, 1.54) is 0 Å². The summed E-state index contributed by atoms with van der Waals surface area (Å²) >= 11 is 1.62. The van der Waals surface area contributed by atoms with E-state index in [1.807, 2.05) is 30.5 Å². The fourth-order valence-corrected chi connectivity index (χ4v) is 2.33. The van der Waals surface area contributed by atoms with E-state index in [1.54, 1.807) is 17.5 Å². The van der Waals surface area contributed by atoms with Crippen LogP contribution in [0, 0.1) is 6.92 Å². The molecule has 0 unspecified atom stereocenters. The zero-order valence-corrected chi connectivity index (χ0v) is 9.94. The van der Waals surface area contributed by atoms with E-state index in [-0.39, 0.29) is 0 Å². The molecular weight excluding hydrogens is 234 g/mol. The Balaban J connectivity index is 2.02. The molecule has 0 radical (unpaired) electrons. The van der Waals surface area contributed by atoms with Crippen LogP contribution < -0.4 is 0 Å². The van der Waals surface area contributed by atoms with Crippen LogP contribution in [0.25, 0.3) is 23.0 Å². The van der Waals surface area contributed by atoms with Crippen LogP contribution in [0.5, 0.6) is 0 Å². The van der Waals surface area contributed by atoms with Crippen molar-refractivity contribution in [2.24, 2.45) is 0 Å². The summed E-state index contributed by atoms with van der Waals surface area (Å²) in [6.45, 7) is 2.02. The molecule has 17 heavy (non-hydrogen) atoms. The molecule has 0 aromatic carbocycles. The van der Waals surface area contributed by atoms with Crippen molar-refractivity contribution in [3.8, 4) is 23.0 Å². The largest absolute Gasteiger partial charge is 0.334 e. The maximum Gasteiger partial charge on any atom is 0.259 e. The number of aryl methyl sites for hydroxylation is 1. The van der Waals surface area contributed by atoms with Crippen LogP contribution in [0.15, 0.2) is 39.7 Å². The summed E-state index contributed by atoms with van der Waals surface area (Å²) in [7, 11) is 0. The predicted molar refractivity (Wildman–Crippen MR) is 65.6 cm³/mol. The SMILES string of the molecule is Cc1cscc1-c1nc(-c2ccccn2)no1. The van der Waals surface area contributed by atoms with Gasteiger partial charge in [0, 0.05) is 11.6 Å². The van der Waals surface area contributed by atoms with Crippen LogP contribution in [-0.2, 0) is 0 Å². The Hall–Kier alpha value is -2.01. The minimum absolute atomic E-state index is 0.520. The van der Waals surface area contributed by atoms with Crippen molar-refractivity contribution in [3.05, 3.63) is 40.7 Å². The molecule has 0 N–H and O–H groups in total. The van der Waals surface area contributed by atoms with Crippen LogP contribution >= 0.6 is 11.3 Å². The average Bonchev–Trinajstić information content (AvgIpc) is 2.98. The van der Waals surface area contributed by atoms with Gasteiger partial charge in [0.1, 0.15) is 5.69 Å². The van der Waals surface area contributed by atoms with Crippen molar-refractivity contribution in [1.82, 2.24) is 15.1 Å². The first-order chi connectivity index (χ1) is 8.34. The Bertz CT molecular complexity index is 630. The molecule has 0 amide bonds. The second-order valence-corrected chi connectivity index (χ2v) is 4.35. The third kappa shape index (κ3) is 1.85. The Kier molecular flexibility index (Phi) is 2.45. The molecule has 0 aliphatic rings. The van der Waals surface area contributed by atoms with Gasteiger partial charge in [0.25, 0.3) is 5.89 Å². The van der Waals surface area contributed by atoms with Gasteiger partial charge in [0.15, 0.2) is 0 Å². The number of rotatable bonds is 2.